The minimum atomic E-state index is -1.05. The third-order valence-electron chi connectivity index (χ3n) is 3.97. The van der Waals surface area contributed by atoms with Crippen LogP contribution in [0.15, 0.2) is 36.4 Å². The molecule has 1 aliphatic heterocycles. The van der Waals surface area contributed by atoms with Gasteiger partial charge in [-0.05, 0) is 29.8 Å². The Morgan fingerprint density at radius 3 is 2.31 bits per heavy atom. The number of amides is 2. The average Bonchev–Trinajstić information content (AvgIpc) is 3.15. The molecule has 0 aliphatic carbocycles. The summed E-state index contributed by atoms with van der Waals surface area (Å²) in [5.41, 5.74) is 1.45. The first kappa shape index (κ1) is 18.1. The minimum absolute atomic E-state index is 0.0601. The lowest BCUT2D eigenvalue weighted by atomic mass is 10.1. The Morgan fingerprint density at radius 2 is 1.69 bits per heavy atom. The highest BCUT2D eigenvalue weighted by Crippen LogP contribution is 2.19. The molecule has 136 valence electrons. The van der Waals surface area contributed by atoms with Crippen LogP contribution in [0, 0.1) is 0 Å². The van der Waals surface area contributed by atoms with Crippen molar-refractivity contribution in [3.63, 3.8) is 0 Å². The number of morpholine rings is 1. The van der Waals surface area contributed by atoms with E-state index in [0.717, 1.165) is 16.9 Å². The fraction of sp³-hybridized carbons (Fsp3) is 0.278. The molecule has 2 heterocycles. The smallest absolute Gasteiger partial charge is 0.345 e. The summed E-state index contributed by atoms with van der Waals surface area (Å²) < 4.78 is 5.24. The van der Waals surface area contributed by atoms with E-state index in [0.29, 0.717) is 43.3 Å². The lowest BCUT2D eigenvalue weighted by molar-refractivity contribution is -0.134. The quantitative estimate of drug-likeness (QED) is 0.836. The summed E-state index contributed by atoms with van der Waals surface area (Å²) in [6.45, 7) is 2.38. The summed E-state index contributed by atoms with van der Waals surface area (Å²) in [7, 11) is 0. The van der Waals surface area contributed by atoms with Crippen LogP contribution in [0.4, 0.5) is 5.69 Å². The van der Waals surface area contributed by atoms with Crippen LogP contribution in [0.1, 0.15) is 24.9 Å². The third-order valence-corrected chi connectivity index (χ3v) is 5.04. The number of hydrogen-bond donors (Lipinski definition) is 2. The van der Waals surface area contributed by atoms with Gasteiger partial charge in [-0.1, -0.05) is 12.1 Å². The number of anilines is 1. The lowest BCUT2D eigenvalue weighted by Crippen LogP contribution is -2.41. The molecule has 0 unspecified atom stereocenters. The maximum absolute atomic E-state index is 12.2. The summed E-state index contributed by atoms with van der Waals surface area (Å²) in [5, 5.41) is 11.6. The van der Waals surface area contributed by atoms with E-state index in [2.05, 4.69) is 5.32 Å². The van der Waals surface area contributed by atoms with E-state index in [1.165, 1.54) is 12.1 Å². The average molecular weight is 374 g/mol. The van der Waals surface area contributed by atoms with Gasteiger partial charge in [-0.25, -0.2) is 4.79 Å². The standard InChI is InChI=1S/C18H18N2O5S/c21-16(20-7-9-25-10-8-20)11-12-1-3-13(4-2-12)19-17(22)14-5-6-15(26-14)18(23)24/h1-6H,7-11H2,(H,19,22)(H,23,24). The van der Waals surface area contributed by atoms with Crippen molar-refractivity contribution in [3.05, 3.63) is 51.7 Å². The molecule has 7 nitrogen and oxygen atoms in total. The van der Waals surface area contributed by atoms with Crippen LogP contribution >= 0.6 is 11.3 Å². The van der Waals surface area contributed by atoms with Crippen molar-refractivity contribution in [2.24, 2.45) is 0 Å². The van der Waals surface area contributed by atoms with Crippen LogP contribution in [0.25, 0.3) is 0 Å². The number of carboxylic acid groups (broad SMARTS) is 1. The Kier molecular flexibility index (Phi) is 5.65. The van der Waals surface area contributed by atoms with Gasteiger partial charge in [0.1, 0.15) is 4.88 Å². The van der Waals surface area contributed by atoms with Gasteiger partial charge >= 0.3 is 5.97 Å². The van der Waals surface area contributed by atoms with Crippen molar-refractivity contribution >= 4 is 34.8 Å². The Labute approximate surface area is 154 Å². The Balaban J connectivity index is 1.57. The minimum Gasteiger partial charge on any atom is -0.477 e. The summed E-state index contributed by atoms with van der Waals surface area (Å²) in [5.74, 6) is -1.35. The SMILES string of the molecule is O=C(O)c1ccc(C(=O)Nc2ccc(CC(=O)N3CCOCC3)cc2)s1. The van der Waals surface area contributed by atoms with Crippen molar-refractivity contribution in [2.45, 2.75) is 6.42 Å². The fourth-order valence-corrected chi connectivity index (χ4v) is 3.31. The van der Waals surface area contributed by atoms with Crippen molar-refractivity contribution in [2.75, 3.05) is 31.6 Å². The molecule has 0 atom stereocenters. The molecule has 1 aromatic heterocycles. The Morgan fingerprint density at radius 1 is 1.04 bits per heavy atom. The zero-order valence-electron chi connectivity index (χ0n) is 13.9. The molecular formula is C18H18N2O5S. The number of carboxylic acids is 1. The number of aromatic carboxylic acids is 1. The fourth-order valence-electron chi connectivity index (χ4n) is 2.57. The number of nitrogens with one attached hydrogen (secondary N) is 1. The van der Waals surface area contributed by atoms with Crippen LogP contribution in [-0.2, 0) is 16.0 Å². The second kappa shape index (κ2) is 8.11. The largest absolute Gasteiger partial charge is 0.477 e. The molecule has 0 radical (unpaired) electrons. The maximum atomic E-state index is 12.2. The van der Waals surface area contributed by atoms with Gasteiger partial charge in [-0.15, -0.1) is 11.3 Å². The zero-order valence-corrected chi connectivity index (χ0v) is 14.8. The number of nitrogens with zero attached hydrogens (tertiary/aromatic N) is 1. The topological polar surface area (TPSA) is 95.9 Å². The van der Waals surface area contributed by atoms with Gasteiger partial charge in [0.2, 0.25) is 5.91 Å². The molecule has 0 bridgehead atoms. The van der Waals surface area contributed by atoms with E-state index in [1.54, 1.807) is 29.2 Å². The predicted octanol–water partition coefficient (Wildman–Crippen LogP) is 2.10. The molecule has 0 saturated carbocycles. The third kappa shape index (κ3) is 4.47. The number of hydrogen-bond acceptors (Lipinski definition) is 5. The van der Waals surface area contributed by atoms with E-state index < -0.39 is 5.97 Å². The van der Waals surface area contributed by atoms with E-state index in [1.807, 2.05) is 0 Å². The van der Waals surface area contributed by atoms with Crippen molar-refractivity contribution in [1.82, 2.24) is 4.90 Å². The second-order valence-electron chi connectivity index (χ2n) is 5.79. The highest BCUT2D eigenvalue weighted by molar-refractivity contribution is 7.15. The van der Waals surface area contributed by atoms with Crippen LogP contribution in [-0.4, -0.2) is 54.1 Å². The van der Waals surface area contributed by atoms with Gasteiger partial charge in [-0.3, -0.25) is 9.59 Å². The first-order valence-corrected chi connectivity index (χ1v) is 8.93. The summed E-state index contributed by atoms with van der Waals surface area (Å²) in [4.78, 5) is 37.5. The van der Waals surface area contributed by atoms with E-state index in [9.17, 15) is 14.4 Å². The van der Waals surface area contributed by atoms with Crippen molar-refractivity contribution in [1.29, 1.82) is 0 Å². The molecule has 1 fully saturated rings. The molecule has 2 aromatic rings. The molecule has 1 aliphatic rings. The first-order valence-electron chi connectivity index (χ1n) is 8.12. The number of thiophene rings is 1. The molecule has 1 saturated heterocycles. The van der Waals surface area contributed by atoms with Crippen LogP contribution in [0.2, 0.25) is 0 Å². The number of ether oxygens (including phenoxy) is 1. The van der Waals surface area contributed by atoms with E-state index in [-0.39, 0.29) is 16.7 Å². The Bertz CT molecular complexity index is 809. The molecule has 26 heavy (non-hydrogen) atoms. The Hall–Kier alpha value is -2.71. The van der Waals surface area contributed by atoms with Gasteiger partial charge in [0.15, 0.2) is 0 Å². The van der Waals surface area contributed by atoms with Gasteiger partial charge in [0, 0.05) is 18.8 Å². The lowest BCUT2D eigenvalue weighted by Gasteiger charge is -2.26. The number of carbonyl (C=O) groups excluding carboxylic acids is 2. The van der Waals surface area contributed by atoms with Crippen LogP contribution in [0.3, 0.4) is 0 Å². The maximum Gasteiger partial charge on any atom is 0.345 e. The predicted molar refractivity (Wildman–Crippen MR) is 96.8 cm³/mol. The molecule has 1 aromatic carbocycles. The van der Waals surface area contributed by atoms with Gasteiger partial charge in [0.05, 0.1) is 24.5 Å². The monoisotopic (exact) mass is 374 g/mol. The number of rotatable bonds is 5. The number of benzene rings is 1. The first-order chi connectivity index (χ1) is 12.5. The molecule has 2 amide bonds. The molecular weight excluding hydrogens is 356 g/mol. The molecule has 3 rings (SSSR count). The van der Waals surface area contributed by atoms with Crippen molar-refractivity contribution in [3.8, 4) is 0 Å². The molecule has 2 N–H and O–H groups in total. The second-order valence-corrected chi connectivity index (χ2v) is 6.87. The molecule has 8 heteroatoms. The van der Waals surface area contributed by atoms with Crippen LogP contribution in [0.5, 0.6) is 0 Å². The normalized spacial score (nSPS) is 14.1. The zero-order chi connectivity index (χ0) is 18.5. The van der Waals surface area contributed by atoms with E-state index >= 15 is 0 Å². The van der Waals surface area contributed by atoms with Gasteiger partial charge < -0.3 is 20.1 Å². The van der Waals surface area contributed by atoms with Crippen LogP contribution < -0.4 is 5.32 Å². The van der Waals surface area contributed by atoms with Gasteiger partial charge in [0.25, 0.3) is 5.91 Å². The van der Waals surface area contributed by atoms with Crippen molar-refractivity contribution < 1.29 is 24.2 Å². The highest BCUT2D eigenvalue weighted by atomic mass is 32.1. The summed E-state index contributed by atoms with van der Waals surface area (Å²) in [6, 6.07) is 9.94. The van der Waals surface area contributed by atoms with Gasteiger partial charge in [-0.2, -0.15) is 0 Å². The highest BCUT2D eigenvalue weighted by Gasteiger charge is 2.17. The number of carbonyl (C=O) groups is 3. The summed E-state index contributed by atoms with van der Waals surface area (Å²) in [6.07, 6.45) is 0.307. The van der Waals surface area contributed by atoms with E-state index in [4.69, 9.17) is 9.84 Å². The summed E-state index contributed by atoms with van der Waals surface area (Å²) >= 11 is 0.924. The molecule has 0 spiro atoms.